The lowest BCUT2D eigenvalue weighted by atomic mass is 10.1. The highest BCUT2D eigenvalue weighted by Crippen LogP contribution is 2.19. The maximum absolute atomic E-state index is 5.19. The van der Waals surface area contributed by atoms with Crippen molar-refractivity contribution in [2.75, 3.05) is 18.0 Å². The molecule has 1 N–H and O–H groups in total. The molecule has 2 heterocycles. The monoisotopic (exact) mass is 315 g/mol. The number of anilines is 1. The Bertz CT molecular complexity index is 692. The van der Waals surface area contributed by atoms with Crippen LogP contribution >= 0.6 is 12.2 Å². The normalized spacial score (nSPS) is 15.6. The summed E-state index contributed by atoms with van der Waals surface area (Å²) in [4.78, 5) is 2.45. The number of rotatable bonds is 4. The highest BCUT2D eigenvalue weighted by molar-refractivity contribution is 7.71. The zero-order valence-corrected chi connectivity index (χ0v) is 13.6. The van der Waals surface area contributed by atoms with Gasteiger partial charge in [0.1, 0.15) is 0 Å². The van der Waals surface area contributed by atoms with Gasteiger partial charge in [0.25, 0.3) is 0 Å². The van der Waals surface area contributed by atoms with Crippen LogP contribution in [0.4, 0.5) is 5.69 Å². The van der Waals surface area contributed by atoms with Crippen LogP contribution in [0, 0.1) is 4.77 Å². The lowest BCUT2D eigenvalue weighted by Gasteiger charge is -2.28. The number of aryl methyl sites for hydroxylation is 1. The zero-order chi connectivity index (χ0) is 15.4. The molecule has 1 aliphatic heterocycles. The number of nitrogens with one attached hydrogen (secondary N) is 1. The van der Waals surface area contributed by atoms with Gasteiger partial charge in [-0.05, 0) is 49.2 Å². The van der Waals surface area contributed by atoms with E-state index in [1.165, 1.54) is 24.9 Å². The summed E-state index contributed by atoms with van der Waals surface area (Å²) < 4.78 is 2.20. The Balaban J connectivity index is 1.74. The predicted octanol–water partition coefficient (Wildman–Crippen LogP) is 3.38. The molecule has 0 spiro atoms. The van der Waals surface area contributed by atoms with Crippen molar-refractivity contribution in [3.8, 4) is 0 Å². The van der Waals surface area contributed by atoms with Crippen LogP contribution in [0.25, 0.3) is 0 Å². The van der Waals surface area contributed by atoms with Crippen LogP contribution in [0.2, 0.25) is 0 Å². The Morgan fingerprint density at radius 1 is 1.23 bits per heavy atom. The molecule has 0 radical (unpaired) electrons. The van der Waals surface area contributed by atoms with Gasteiger partial charge in [-0.2, -0.15) is 14.9 Å². The summed E-state index contributed by atoms with van der Waals surface area (Å²) in [6, 6.07) is 8.54. The van der Waals surface area contributed by atoms with Crippen LogP contribution < -0.4 is 4.90 Å². The summed E-state index contributed by atoms with van der Waals surface area (Å²) in [5, 5.41) is 11.3. The van der Waals surface area contributed by atoms with Gasteiger partial charge in [0.2, 0.25) is 4.77 Å². The van der Waals surface area contributed by atoms with Crippen molar-refractivity contribution in [3.63, 3.8) is 0 Å². The maximum Gasteiger partial charge on any atom is 0.216 e. The predicted molar refractivity (Wildman–Crippen MR) is 92.3 cm³/mol. The van der Waals surface area contributed by atoms with Gasteiger partial charge in [-0.25, -0.2) is 0 Å². The molecule has 0 unspecified atom stereocenters. The molecule has 5 nitrogen and oxygen atoms in total. The molecular weight excluding hydrogens is 294 g/mol. The van der Waals surface area contributed by atoms with Crippen molar-refractivity contribution in [2.24, 2.45) is 5.10 Å². The largest absolute Gasteiger partial charge is 0.372 e. The molecule has 2 aromatic rings. The number of aromatic nitrogens is 3. The Labute approximate surface area is 135 Å². The number of aromatic amines is 1. The third kappa shape index (κ3) is 3.27. The molecule has 1 aliphatic rings. The van der Waals surface area contributed by atoms with Crippen LogP contribution in [-0.4, -0.2) is 34.2 Å². The van der Waals surface area contributed by atoms with Gasteiger partial charge in [0, 0.05) is 25.2 Å². The highest BCUT2D eigenvalue weighted by atomic mass is 32.1. The van der Waals surface area contributed by atoms with Gasteiger partial charge in [-0.1, -0.05) is 19.1 Å². The van der Waals surface area contributed by atoms with Crippen molar-refractivity contribution in [3.05, 3.63) is 40.4 Å². The summed E-state index contributed by atoms with van der Waals surface area (Å²) in [5.74, 6) is 0.839. The molecule has 22 heavy (non-hydrogen) atoms. The molecule has 0 atom stereocenters. The second-order valence-electron chi connectivity index (χ2n) is 5.49. The standard InChI is InChI=1S/C16H21N5S/c1-2-15-18-19-16(22)21(15)17-12-13-6-8-14(9-7-13)20-10-4-3-5-11-20/h6-9,12H,2-5,10-11H2,1H3,(H,19,22). The molecule has 0 amide bonds. The molecule has 1 aromatic carbocycles. The van der Waals surface area contributed by atoms with Crippen molar-refractivity contribution in [1.82, 2.24) is 14.9 Å². The molecule has 1 fully saturated rings. The van der Waals surface area contributed by atoms with E-state index in [4.69, 9.17) is 12.2 Å². The topological polar surface area (TPSA) is 49.2 Å². The highest BCUT2D eigenvalue weighted by Gasteiger charge is 2.10. The minimum absolute atomic E-state index is 0.526. The average Bonchev–Trinajstić information content (AvgIpc) is 2.94. The fourth-order valence-electron chi connectivity index (χ4n) is 2.72. The molecule has 6 heteroatoms. The Hall–Kier alpha value is -1.95. The minimum atomic E-state index is 0.526. The summed E-state index contributed by atoms with van der Waals surface area (Å²) in [6.45, 7) is 4.36. The summed E-state index contributed by atoms with van der Waals surface area (Å²) >= 11 is 5.19. The number of piperidine rings is 1. The van der Waals surface area contributed by atoms with E-state index >= 15 is 0 Å². The summed E-state index contributed by atoms with van der Waals surface area (Å²) in [6.07, 6.45) is 6.55. The maximum atomic E-state index is 5.19. The van der Waals surface area contributed by atoms with E-state index in [-0.39, 0.29) is 0 Å². The van der Waals surface area contributed by atoms with Crippen molar-refractivity contribution < 1.29 is 0 Å². The zero-order valence-electron chi connectivity index (χ0n) is 12.8. The van der Waals surface area contributed by atoms with Crippen LogP contribution in [0.5, 0.6) is 0 Å². The third-order valence-electron chi connectivity index (χ3n) is 3.97. The van der Waals surface area contributed by atoms with E-state index < -0.39 is 0 Å². The third-order valence-corrected chi connectivity index (χ3v) is 4.23. The molecule has 3 rings (SSSR count). The molecular formula is C16H21N5S. The minimum Gasteiger partial charge on any atom is -0.372 e. The van der Waals surface area contributed by atoms with Crippen molar-refractivity contribution in [2.45, 2.75) is 32.6 Å². The first-order chi connectivity index (χ1) is 10.8. The van der Waals surface area contributed by atoms with Crippen molar-refractivity contribution >= 4 is 24.1 Å². The van der Waals surface area contributed by atoms with Gasteiger partial charge in [0.15, 0.2) is 5.82 Å². The van der Waals surface area contributed by atoms with Crippen LogP contribution in [-0.2, 0) is 6.42 Å². The fourth-order valence-corrected chi connectivity index (χ4v) is 2.92. The molecule has 0 aliphatic carbocycles. The van der Waals surface area contributed by atoms with Crippen LogP contribution in [0.1, 0.15) is 37.6 Å². The van der Waals surface area contributed by atoms with Gasteiger partial charge >= 0.3 is 0 Å². The number of hydrogen-bond donors (Lipinski definition) is 1. The first kappa shape index (κ1) is 15.0. The first-order valence-electron chi connectivity index (χ1n) is 7.83. The van der Waals surface area contributed by atoms with E-state index in [1.54, 1.807) is 4.68 Å². The molecule has 1 saturated heterocycles. The Morgan fingerprint density at radius 2 is 1.95 bits per heavy atom. The SMILES string of the molecule is CCc1n[nH]c(=S)n1N=Cc1ccc(N2CCCCC2)cc1. The second kappa shape index (κ2) is 6.87. The Kier molecular flexibility index (Phi) is 4.68. The molecule has 0 bridgehead atoms. The number of H-pyrrole nitrogens is 1. The molecule has 1 aromatic heterocycles. The quantitative estimate of drug-likeness (QED) is 0.695. The summed E-state index contributed by atoms with van der Waals surface area (Å²) in [7, 11) is 0. The summed E-state index contributed by atoms with van der Waals surface area (Å²) in [5.41, 5.74) is 2.36. The van der Waals surface area contributed by atoms with E-state index in [1.807, 2.05) is 13.1 Å². The Morgan fingerprint density at radius 3 is 2.64 bits per heavy atom. The van der Waals surface area contributed by atoms with Crippen LogP contribution in [0.3, 0.4) is 0 Å². The number of nitrogens with zero attached hydrogens (tertiary/aromatic N) is 4. The van der Waals surface area contributed by atoms with Crippen LogP contribution in [0.15, 0.2) is 29.4 Å². The van der Waals surface area contributed by atoms with E-state index in [2.05, 4.69) is 44.5 Å². The smallest absolute Gasteiger partial charge is 0.216 e. The first-order valence-corrected chi connectivity index (χ1v) is 8.24. The van der Waals surface area contributed by atoms with Gasteiger partial charge in [0.05, 0.1) is 6.21 Å². The molecule has 116 valence electrons. The van der Waals surface area contributed by atoms with E-state index in [0.29, 0.717) is 4.77 Å². The molecule has 0 saturated carbocycles. The lowest BCUT2D eigenvalue weighted by molar-refractivity contribution is 0.578. The second-order valence-corrected chi connectivity index (χ2v) is 5.88. The lowest BCUT2D eigenvalue weighted by Crippen LogP contribution is -2.29. The average molecular weight is 315 g/mol. The van der Waals surface area contributed by atoms with E-state index in [0.717, 1.165) is 30.9 Å². The van der Waals surface area contributed by atoms with Crippen molar-refractivity contribution in [1.29, 1.82) is 0 Å². The fraction of sp³-hybridized carbons (Fsp3) is 0.438. The van der Waals surface area contributed by atoms with Gasteiger partial charge in [-0.3, -0.25) is 5.10 Å². The van der Waals surface area contributed by atoms with Gasteiger partial charge < -0.3 is 4.90 Å². The van der Waals surface area contributed by atoms with Gasteiger partial charge in [-0.15, -0.1) is 0 Å². The van der Waals surface area contributed by atoms with E-state index in [9.17, 15) is 0 Å². The number of benzene rings is 1. The number of hydrogen-bond acceptors (Lipinski definition) is 4.